The molecule has 1 heterocycles. The summed E-state index contributed by atoms with van der Waals surface area (Å²) in [6.45, 7) is 2.57. The maximum Gasteiger partial charge on any atom is 0.262 e. The van der Waals surface area contributed by atoms with Crippen LogP contribution in [-0.4, -0.2) is 18.8 Å². The van der Waals surface area contributed by atoms with Crippen LogP contribution in [0.25, 0.3) is 0 Å². The Morgan fingerprint density at radius 1 is 1.00 bits per heavy atom. The lowest BCUT2D eigenvalue weighted by Crippen LogP contribution is -2.43. The van der Waals surface area contributed by atoms with Crippen LogP contribution in [0.1, 0.15) is 29.0 Å². The van der Waals surface area contributed by atoms with Crippen molar-refractivity contribution in [3.8, 4) is 5.75 Å². The molecule has 0 aliphatic carbocycles. The van der Waals surface area contributed by atoms with Gasteiger partial charge < -0.3 is 10.1 Å². The van der Waals surface area contributed by atoms with Gasteiger partial charge in [-0.2, -0.15) is 0 Å². The molecule has 3 aromatic carbocycles. The van der Waals surface area contributed by atoms with Crippen molar-refractivity contribution in [1.29, 1.82) is 0 Å². The van der Waals surface area contributed by atoms with Crippen LogP contribution in [0.3, 0.4) is 0 Å². The number of carbonyl (C=O) groups is 1. The zero-order chi connectivity index (χ0) is 19.5. The molecule has 28 heavy (non-hydrogen) atoms. The van der Waals surface area contributed by atoms with E-state index in [1.807, 2.05) is 60.4 Å². The number of carbonyl (C=O) groups excluding carboxylic acids is 1. The Hall–Kier alpha value is -2.92. The van der Waals surface area contributed by atoms with Gasteiger partial charge in [-0.15, -0.1) is 11.8 Å². The molecule has 0 unspecified atom stereocenters. The molecule has 0 saturated carbocycles. The third kappa shape index (κ3) is 3.45. The Morgan fingerprint density at radius 2 is 1.71 bits per heavy atom. The van der Waals surface area contributed by atoms with Crippen LogP contribution in [0.4, 0.5) is 11.4 Å². The molecule has 0 aromatic heterocycles. The zero-order valence-electron chi connectivity index (χ0n) is 15.9. The number of anilines is 2. The number of para-hydroxylation sites is 1. The molecule has 0 spiro atoms. The summed E-state index contributed by atoms with van der Waals surface area (Å²) in [5.74, 6) is 0.780. The summed E-state index contributed by atoms with van der Waals surface area (Å²) in [5, 5.41) is 3.54. The normalized spacial score (nSPS) is 15.7. The number of rotatable bonds is 5. The lowest BCUT2D eigenvalue weighted by atomic mass is 10.0. The quantitative estimate of drug-likeness (QED) is 0.578. The van der Waals surface area contributed by atoms with Crippen molar-refractivity contribution >= 4 is 29.0 Å². The van der Waals surface area contributed by atoms with E-state index < -0.39 is 0 Å². The van der Waals surface area contributed by atoms with Crippen molar-refractivity contribution in [2.75, 3.05) is 23.1 Å². The topological polar surface area (TPSA) is 41.6 Å². The van der Waals surface area contributed by atoms with E-state index in [-0.39, 0.29) is 12.1 Å². The highest BCUT2D eigenvalue weighted by Crippen LogP contribution is 2.37. The molecule has 142 valence electrons. The summed E-state index contributed by atoms with van der Waals surface area (Å²) in [4.78, 5) is 16.4. The summed E-state index contributed by atoms with van der Waals surface area (Å²) in [7, 11) is 0. The van der Waals surface area contributed by atoms with Gasteiger partial charge in [-0.05, 0) is 67.3 Å². The van der Waals surface area contributed by atoms with E-state index >= 15 is 0 Å². The van der Waals surface area contributed by atoms with Gasteiger partial charge in [-0.25, -0.2) is 0 Å². The monoisotopic (exact) mass is 390 g/mol. The van der Waals surface area contributed by atoms with Crippen LogP contribution in [0.5, 0.6) is 5.75 Å². The number of fused-ring (bicyclic) bond motifs is 1. The van der Waals surface area contributed by atoms with E-state index in [4.69, 9.17) is 4.74 Å². The maximum atomic E-state index is 13.4. The fourth-order valence-electron chi connectivity index (χ4n) is 3.41. The Balaban J connectivity index is 1.77. The Bertz CT molecular complexity index is 971. The van der Waals surface area contributed by atoms with Crippen LogP contribution in [-0.2, 0) is 0 Å². The first-order valence-electron chi connectivity index (χ1n) is 9.27. The predicted molar refractivity (Wildman–Crippen MR) is 115 cm³/mol. The van der Waals surface area contributed by atoms with Crippen molar-refractivity contribution in [2.24, 2.45) is 0 Å². The SMILES string of the molecule is CCOc1ccc(N2C(=O)c3ccccc3N[C@@H]2c2ccc(SC)cc2)cc1. The average Bonchev–Trinajstić information content (AvgIpc) is 2.75. The Kier molecular flexibility index (Phi) is 5.26. The first-order chi connectivity index (χ1) is 13.7. The van der Waals surface area contributed by atoms with Crippen molar-refractivity contribution in [1.82, 2.24) is 0 Å². The predicted octanol–water partition coefficient (Wildman–Crippen LogP) is 5.58. The maximum absolute atomic E-state index is 13.4. The smallest absolute Gasteiger partial charge is 0.262 e. The van der Waals surface area contributed by atoms with Gasteiger partial charge in [0.25, 0.3) is 5.91 Å². The molecule has 0 radical (unpaired) electrons. The molecule has 1 aliphatic rings. The highest BCUT2D eigenvalue weighted by Gasteiger charge is 2.33. The van der Waals surface area contributed by atoms with E-state index in [1.165, 1.54) is 4.90 Å². The summed E-state index contributed by atoms with van der Waals surface area (Å²) >= 11 is 1.70. The molecule has 5 heteroatoms. The molecular weight excluding hydrogens is 368 g/mol. The largest absolute Gasteiger partial charge is 0.494 e. The highest BCUT2D eigenvalue weighted by molar-refractivity contribution is 7.98. The van der Waals surface area contributed by atoms with Crippen LogP contribution in [0.2, 0.25) is 0 Å². The van der Waals surface area contributed by atoms with E-state index in [2.05, 4.69) is 35.8 Å². The summed E-state index contributed by atoms with van der Waals surface area (Å²) in [5.41, 5.74) is 3.39. The van der Waals surface area contributed by atoms with E-state index in [1.54, 1.807) is 11.8 Å². The van der Waals surface area contributed by atoms with Gasteiger partial charge in [0, 0.05) is 16.3 Å². The van der Waals surface area contributed by atoms with Gasteiger partial charge in [-0.3, -0.25) is 9.69 Å². The minimum absolute atomic E-state index is 0.0162. The average molecular weight is 391 g/mol. The molecule has 1 aliphatic heterocycles. The fraction of sp³-hybridized carbons (Fsp3) is 0.174. The number of hydrogen-bond donors (Lipinski definition) is 1. The van der Waals surface area contributed by atoms with E-state index in [9.17, 15) is 4.79 Å². The minimum Gasteiger partial charge on any atom is -0.494 e. The van der Waals surface area contributed by atoms with E-state index in [0.717, 1.165) is 22.7 Å². The number of amides is 1. The van der Waals surface area contributed by atoms with Gasteiger partial charge in [0.15, 0.2) is 0 Å². The van der Waals surface area contributed by atoms with Crippen molar-refractivity contribution < 1.29 is 9.53 Å². The number of nitrogens with one attached hydrogen (secondary N) is 1. The van der Waals surface area contributed by atoms with Crippen LogP contribution in [0.15, 0.2) is 77.7 Å². The molecule has 0 fully saturated rings. The number of nitrogens with zero attached hydrogens (tertiary/aromatic N) is 1. The number of thioether (sulfide) groups is 1. The molecule has 1 atom stereocenters. The number of benzene rings is 3. The van der Waals surface area contributed by atoms with Crippen LogP contribution >= 0.6 is 11.8 Å². The second-order valence-corrected chi connectivity index (χ2v) is 7.35. The van der Waals surface area contributed by atoms with Gasteiger partial charge in [-0.1, -0.05) is 24.3 Å². The van der Waals surface area contributed by atoms with Crippen molar-refractivity contribution in [3.63, 3.8) is 0 Å². The second-order valence-electron chi connectivity index (χ2n) is 6.47. The number of hydrogen-bond acceptors (Lipinski definition) is 4. The standard InChI is InChI=1S/C23H22N2O2S/c1-3-27-18-12-10-17(11-13-18)25-22(16-8-14-19(28-2)15-9-16)24-21-7-5-4-6-20(21)23(25)26/h4-15,22,24H,3H2,1-2H3/t22-/m0/s1. The van der Waals surface area contributed by atoms with Gasteiger partial charge in [0.05, 0.1) is 12.2 Å². The molecule has 1 N–H and O–H groups in total. The fourth-order valence-corrected chi connectivity index (χ4v) is 3.82. The molecule has 3 aromatic rings. The van der Waals surface area contributed by atoms with Crippen molar-refractivity contribution in [3.05, 3.63) is 83.9 Å². The Morgan fingerprint density at radius 3 is 2.39 bits per heavy atom. The van der Waals surface area contributed by atoms with Gasteiger partial charge >= 0.3 is 0 Å². The van der Waals surface area contributed by atoms with Gasteiger partial charge in [0.2, 0.25) is 0 Å². The van der Waals surface area contributed by atoms with Crippen molar-refractivity contribution in [2.45, 2.75) is 18.0 Å². The van der Waals surface area contributed by atoms with Crippen LogP contribution in [0, 0.1) is 0 Å². The molecule has 1 amide bonds. The molecule has 0 bridgehead atoms. The lowest BCUT2D eigenvalue weighted by molar-refractivity contribution is 0.0975. The summed E-state index contributed by atoms with van der Waals surface area (Å²) in [6, 6.07) is 23.6. The summed E-state index contributed by atoms with van der Waals surface area (Å²) < 4.78 is 5.55. The third-order valence-corrected chi connectivity index (χ3v) is 5.53. The minimum atomic E-state index is -0.281. The van der Waals surface area contributed by atoms with Gasteiger partial charge in [0.1, 0.15) is 11.9 Å². The highest BCUT2D eigenvalue weighted by atomic mass is 32.2. The van der Waals surface area contributed by atoms with E-state index in [0.29, 0.717) is 12.2 Å². The first-order valence-corrected chi connectivity index (χ1v) is 10.5. The molecular formula is C23H22N2O2S. The summed E-state index contributed by atoms with van der Waals surface area (Å²) in [6.07, 6.45) is 1.77. The lowest BCUT2D eigenvalue weighted by Gasteiger charge is -2.38. The molecule has 0 saturated heterocycles. The third-order valence-electron chi connectivity index (χ3n) is 4.78. The Labute approximate surface area is 169 Å². The second kappa shape index (κ2) is 7.98. The molecule has 4 rings (SSSR count). The molecule has 4 nitrogen and oxygen atoms in total. The number of ether oxygens (including phenoxy) is 1. The van der Waals surface area contributed by atoms with Crippen LogP contribution < -0.4 is 15.0 Å². The first kappa shape index (κ1) is 18.4. The zero-order valence-corrected chi connectivity index (χ0v) is 16.7.